The first kappa shape index (κ1) is 45.2. The molecule has 8 nitrogen and oxygen atoms in total. The lowest BCUT2D eigenvalue weighted by atomic mass is 10.1. The van der Waals surface area contributed by atoms with E-state index in [2.05, 4.69) is 13.8 Å². The van der Waals surface area contributed by atoms with E-state index in [-0.39, 0.29) is 24.5 Å². The van der Waals surface area contributed by atoms with Crippen LogP contribution in [0, 0.1) is 5.92 Å². The Kier molecular flexibility index (Phi) is 25.2. The summed E-state index contributed by atoms with van der Waals surface area (Å²) in [4.78, 5) is 49.9. The Morgan fingerprint density at radius 1 is 0.528 bits per heavy atom. The van der Waals surface area contributed by atoms with Crippen LogP contribution in [0.1, 0.15) is 181 Å². The first-order valence-electron chi connectivity index (χ1n) is 20.5. The van der Waals surface area contributed by atoms with Crippen LogP contribution in [0.15, 0.2) is 54.6 Å². The van der Waals surface area contributed by atoms with Gasteiger partial charge in [0.05, 0.1) is 24.3 Å². The molecule has 0 unspecified atom stereocenters. The molecule has 0 atom stereocenters. The van der Waals surface area contributed by atoms with Gasteiger partial charge in [0, 0.05) is 0 Å². The summed E-state index contributed by atoms with van der Waals surface area (Å²) in [6.07, 6.45) is 29.4. The van der Waals surface area contributed by atoms with Crippen molar-refractivity contribution in [3.05, 3.63) is 71.3 Å². The average molecular weight is 735 g/mol. The van der Waals surface area contributed by atoms with Crippen LogP contribution in [-0.2, 0) is 19.1 Å². The number of hydrogen-bond acceptors (Lipinski definition) is 7. The maximum Gasteiger partial charge on any atom is 0.343 e. The van der Waals surface area contributed by atoms with Gasteiger partial charge in [-0.15, -0.1) is 0 Å². The van der Waals surface area contributed by atoms with Gasteiger partial charge in [0.25, 0.3) is 0 Å². The highest BCUT2D eigenvalue weighted by Gasteiger charge is 2.27. The summed E-state index contributed by atoms with van der Waals surface area (Å²) in [5.74, 6) is -3.86. The lowest BCUT2D eigenvalue weighted by Crippen LogP contribution is -2.27. The molecule has 0 radical (unpaired) electrons. The monoisotopic (exact) mass is 734 g/mol. The molecule has 2 aromatic rings. The number of ether oxygens (including phenoxy) is 3. The van der Waals surface area contributed by atoms with Crippen molar-refractivity contribution in [2.75, 3.05) is 13.2 Å². The van der Waals surface area contributed by atoms with E-state index in [0.29, 0.717) is 11.1 Å². The molecule has 0 heterocycles. The van der Waals surface area contributed by atoms with Gasteiger partial charge in [0.1, 0.15) is 5.75 Å². The van der Waals surface area contributed by atoms with E-state index in [1.54, 1.807) is 30.3 Å². The molecule has 0 aliphatic heterocycles. The Morgan fingerprint density at radius 2 is 0.906 bits per heavy atom. The third kappa shape index (κ3) is 21.4. The molecule has 0 fully saturated rings. The highest BCUT2D eigenvalue weighted by molar-refractivity contribution is 5.98. The number of carboxylic acid groups (broad SMARTS) is 1. The smallest absolute Gasteiger partial charge is 0.343 e. The minimum atomic E-state index is -1.19. The first-order valence-corrected chi connectivity index (χ1v) is 20.5. The molecular formula is C45H66O8. The third-order valence-corrected chi connectivity index (χ3v) is 9.43. The number of unbranched alkanes of at least 4 members (excludes halogenated alkanes) is 20. The minimum Gasteiger partial charge on any atom is -0.478 e. The molecule has 0 saturated carbocycles. The molecular weight excluding hydrogens is 668 g/mol. The van der Waals surface area contributed by atoms with Crippen LogP contribution in [0.3, 0.4) is 0 Å². The first-order chi connectivity index (χ1) is 25.8. The van der Waals surface area contributed by atoms with Crippen LogP contribution in [0.5, 0.6) is 5.75 Å². The van der Waals surface area contributed by atoms with Crippen LogP contribution in [0.25, 0.3) is 6.08 Å². The molecule has 8 heteroatoms. The molecule has 2 aromatic carbocycles. The Balaban J connectivity index is 1.85. The van der Waals surface area contributed by atoms with Crippen molar-refractivity contribution in [1.82, 2.24) is 0 Å². The zero-order chi connectivity index (χ0) is 38.4. The fraction of sp³-hybridized carbons (Fsp3) is 0.600. The Labute approximate surface area is 319 Å². The number of rotatable bonds is 31. The number of carbonyl (C=O) groups excluding carboxylic acids is 3. The van der Waals surface area contributed by atoms with Gasteiger partial charge in [0.2, 0.25) is 0 Å². The van der Waals surface area contributed by atoms with Gasteiger partial charge >= 0.3 is 23.9 Å². The summed E-state index contributed by atoms with van der Waals surface area (Å²) in [6.45, 7) is 5.00. The molecule has 294 valence electrons. The summed E-state index contributed by atoms with van der Waals surface area (Å²) in [5.41, 5.74) is 1.06. The standard InChI is InChI=1S/C45H66O8/c1-3-5-7-9-11-13-15-17-19-21-23-35-51-44(49)41(45(50)52-36-24-22-20-18-16-14-12-10-8-6-4-2)34-27-37-25-28-39(29-26-37)43(48)53-40-32-30-38(31-33-40)42(46)47/h25-34,41H,3-24,35-36H2,1-2H3,(H,46,47)/b34-27+. The van der Waals surface area contributed by atoms with Gasteiger partial charge in [-0.2, -0.15) is 0 Å². The van der Waals surface area contributed by atoms with Crippen LogP contribution in [0.4, 0.5) is 0 Å². The topological polar surface area (TPSA) is 116 Å². The molecule has 0 bridgehead atoms. The third-order valence-electron chi connectivity index (χ3n) is 9.43. The number of benzene rings is 2. The van der Waals surface area contributed by atoms with E-state index in [0.717, 1.165) is 38.5 Å². The minimum absolute atomic E-state index is 0.0928. The van der Waals surface area contributed by atoms with E-state index in [1.165, 1.54) is 133 Å². The van der Waals surface area contributed by atoms with Crippen molar-refractivity contribution in [2.24, 2.45) is 5.92 Å². The highest BCUT2D eigenvalue weighted by atomic mass is 16.6. The number of carbonyl (C=O) groups is 4. The van der Waals surface area contributed by atoms with Gasteiger partial charge in [-0.3, -0.25) is 9.59 Å². The predicted molar refractivity (Wildman–Crippen MR) is 212 cm³/mol. The molecule has 0 amide bonds. The van der Waals surface area contributed by atoms with Crippen molar-refractivity contribution in [3.63, 3.8) is 0 Å². The summed E-state index contributed by atoms with van der Waals surface area (Å²) in [5, 5.41) is 9.06. The van der Waals surface area contributed by atoms with Gasteiger partial charge in [0.15, 0.2) is 5.92 Å². The van der Waals surface area contributed by atoms with Crippen LogP contribution < -0.4 is 4.74 Å². The fourth-order valence-corrected chi connectivity index (χ4v) is 6.08. The molecule has 2 rings (SSSR count). The van der Waals surface area contributed by atoms with E-state index in [4.69, 9.17) is 19.3 Å². The van der Waals surface area contributed by atoms with E-state index < -0.39 is 29.8 Å². The molecule has 0 spiro atoms. The number of esters is 3. The second-order valence-electron chi connectivity index (χ2n) is 14.1. The van der Waals surface area contributed by atoms with Crippen molar-refractivity contribution < 1.29 is 38.5 Å². The lowest BCUT2D eigenvalue weighted by Gasteiger charge is -2.13. The van der Waals surface area contributed by atoms with Crippen LogP contribution in [-0.4, -0.2) is 42.2 Å². The quantitative estimate of drug-likeness (QED) is 0.0352. The molecule has 0 saturated heterocycles. The van der Waals surface area contributed by atoms with Crippen molar-refractivity contribution in [3.8, 4) is 5.75 Å². The second-order valence-corrected chi connectivity index (χ2v) is 14.1. The molecule has 0 aromatic heterocycles. The second kappa shape index (κ2) is 29.5. The van der Waals surface area contributed by atoms with Crippen molar-refractivity contribution >= 4 is 30.0 Å². The zero-order valence-corrected chi connectivity index (χ0v) is 32.6. The number of hydrogen-bond donors (Lipinski definition) is 1. The maximum absolute atomic E-state index is 13.1. The largest absolute Gasteiger partial charge is 0.478 e. The van der Waals surface area contributed by atoms with E-state index in [9.17, 15) is 19.2 Å². The van der Waals surface area contributed by atoms with E-state index >= 15 is 0 Å². The van der Waals surface area contributed by atoms with Crippen LogP contribution in [0.2, 0.25) is 0 Å². The Hall–Kier alpha value is -3.94. The van der Waals surface area contributed by atoms with Crippen molar-refractivity contribution in [1.29, 1.82) is 0 Å². The molecule has 0 aliphatic rings. The van der Waals surface area contributed by atoms with Gasteiger partial charge in [-0.25, -0.2) is 9.59 Å². The number of aromatic carboxylic acids is 1. The Morgan fingerprint density at radius 3 is 1.30 bits per heavy atom. The Bertz CT molecular complexity index is 1270. The summed E-state index contributed by atoms with van der Waals surface area (Å²) in [6, 6.07) is 12.1. The normalized spacial score (nSPS) is 11.2. The molecule has 53 heavy (non-hydrogen) atoms. The van der Waals surface area contributed by atoms with Gasteiger partial charge < -0.3 is 19.3 Å². The SMILES string of the molecule is CCCCCCCCCCCCCOC(=O)C(/C=C/c1ccc(C(=O)Oc2ccc(C(=O)O)cc2)cc1)C(=O)OCCCCCCCCCCCCC. The van der Waals surface area contributed by atoms with Gasteiger partial charge in [-0.1, -0.05) is 167 Å². The van der Waals surface area contributed by atoms with Crippen molar-refractivity contribution in [2.45, 2.75) is 155 Å². The summed E-state index contributed by atoms with van der Waals surface area (Å²) >= 11 is 0. The predicted octanol–water partition coefficient (Wildman–Crippen LogP) is 11.9. The summed E-state index contributed by atoms with van der Waals surface area (Å²) in [7, 11) is 0. The van der Waals surface area contributed by atoms with Crippen LogP contribution >= 0.6 is 0 Å². The molecule has 0 aliphatic carbocycles. The lowest BCUT2D eigenvalue weighted by molar-refractivity contribution is -0.159. The maximum atomic E-state index is 13.1. The zero-order valence-electron chi connectivity index (χ0n) is 32.6. The average Bonchev–Trinajstić information content (AvgIpc) is 3.16. The number of carboxylic acids is 1. The molecule has 1 N–H and O–H groups in total. The highest BCUT2D eigenvalue weighted by Crippen LogP contribution is 2.18. The van der Waals surface area contributed by atoms with E-state index in [1.807, 2.05) is 0 Å². The van der Waals surface area contributed by atoms with Gasteiger partial charge in [-0.05, 0) is 54.8 Å². The summed E-state index contributed by atoms with van der Waals surface area (Å²) < 4.78 is 16.5. The fourth-order valence-electron chi connectivity index (χ4n) is 6.08.